The molecule has 0 amide bonds. The molecule has 2 aromatic rings. The van der Waals surface area contributed by atoms with Gasteiger partial charge in [0.25, 0.3) is 0 Å². The normalized spacial score (nSPS) is 12.6. The first kappa shape index (κ1) is 12.3. The lowest BCUT2D eigenvalue weighted by atomic mass is 10.0. The second-order valence-corrected chi connectivity index (χ2v) is 5.31. The first-order valence-electron chi connectivity index (χ1n) is 5.94. The third kappa shape index (κ3) is 3.95. The molecule has 2 rings (SSSR count). The first-order chi connectivity index (χ1) is 8.24. The molecule has 17 heavy (non-hydrogen) atoms. The Kier molecular flexibility index (Phi) is 4.29. The summed E-state index contributed by atoms with van der Waals surface area (Å²) in [6.45, 7) is 2.02. The van der Waals surface area contributed by atoms with Crippen LogP contribution in [-0.4, -0.2) is 11.0 Å². The Morgan fingerprint density at radius 3 is 2.71 bits per heavy atom. The van der Waals surface area contributed by atoms with Gasteiger partial charge in [-0.05, 0) is 25.3 Å². The number of nitrogens with two attached hydrogens (primary N) is 1. The summed E-state index contributed by atoms with van der Waals surface area (Å²) in [5.74, 6) is 0. The number of aromatic nitrogens is 1. The van der Waals surface area contributed by atoms with Gasteiger partial charge < -0.3 is 5.73 Å². The van der Waals surface area contributed by atoms with Gasteiger partial charge >= 0.3 is 0 Å². The smallest absolute Gasteiger partial charge is 0.0943 e. The summed E-state index contributed by atoms with van der Waals surface area (Å²) in [4.78, 5) is 4.44. The van der Waals surface area contributed by atoms with E-state index in [1.807, 2.05) is 13.0 Å². The summed E-state index contributed by atoms with van der Waals surface area (Å²) in [5, 5.41) is 3.24. The predicted octanol–water partition coefficient (Wildman–Crippen LogP) is 2.95. The molecule has 0 fully saturated rings. The summed E-state index contributed by atoms with van der Waals surface area (Å²) in [5.41, 5.74) is 8.59. The summed E-state index contributed by atoms with van der Waals surface area (Å²) >= 11 is 1.71. The topological polar surface area (TPSA) is 38.9 Å². The molecule has 1 atom stereocenters. The van der Waals surface area contributed by atoms with Gasteiger partial charge in [0.05, 0.1) is 5.01 Å². The Morgan fingerprint density at radius 1 is 1.29 bits per heavy atom. The molecule has 1 aromatic carbocycles. The number of aryl methyl sites for hydroxylation is 2. The Labute approximate surface area is 107 Å². The molecule has 3 heteroatoms. The van der Waals surface area contributed by atoms with Gasteiger partial charge in [-0.1, -0.05) is 30.3 Å². The molecule has 0 bridgehead atoms. The Balaban J connectivity index is 1.80. The van der Waals surface area contributed by atoms with E-state index in [4.69, 9.17) is 5.73 Å². The predicted molar refractivity (Wildman–Crippen MR) is 73.3 cm³/mol. The molecular formula is C14H18N2S. The molecule has 0 spiro atoms. The van der Waals surface area contributed by atoms with Gasteiger partial charge in [-0.3, -0.25) is 0 Å². The minimum absolute atomic E-state index is 0.209. The van der Waals surface area contributed by atoms with Crippen LogP contribution in [0.5, 0.6) is 0 Å². The van der Waals surface area contributed by atoms with Crippen LogP contribution in [-0.2, 0) is 12.8 Å². The highest BCUT2D eigenvalue weighted by Crippen LogP contribution is 2.12. The van der Waals surface area contributed by atoms with Crippen LogP contribution in [0.15, 0.2) is 35.7 Å². The molecule has 0 saturated carbocycles. The zero-order valence-corrected chi connectivity index (χ0v) is 10.9. The summed E-state index contributed by atoms with van der Waals surface area (Å²) in [6.07, 6.45) is 2.96. The molecule has 1 unspecified atom stereocenters. The zero-order chi connectivity index (χ0) is 12.1. The summed E-state index contributed by atoms with van der Waals surface area (Å²) in [6, 6.07) is 10.7. The fraction of sp³-hybridized carbons (Fsp3) is 0.357. The Bertz CT molecular complexity index is 450. The van der Waals surface area contributed by atoms with Crippen molar-refractivity contribution < 1.29 is 0 Å². The second-order valence-electron chi connectivity index (χ2n) is 4.37. The van der Waals surface area contributed by atoms with E-state index < -0.39 is 0 Å². The van der Waals surface area contributed by atoms with Crippen molar-refractivity contribution >= 4 is 11.3 Å². The fourth-order valence-corrected chi connectivity index (χ4v) is 2.69. The van der Waals surface area contributed by atoms with Crippen LogP contribution in [0.2, 0.25) is 0 Å². The van der Waals surface area contributed by atoms with E-state index in [-0.39, 0.29) is 6.04 Å². The van der Waals surface area contributed by atoms with Crippen molar-refractivity contribution in [1.82, 2.24) is 4.98 Å². The van der Waals surface area contributed by atoms with Gasteiger partial charge in [-0.25, -0.2) is 4.98 Å². The largest absolute Gasteiger partial charge is 0.327 e. The van der Waals surface area contributed by atoms with Crippen LogP contribution >= 0.6 is 11.3 Å². The van der Waals surface area contributed by atoms with E-state index in [2.05, 4.69) is 34.6 Å². The van der Waals surface area contributed by atoms with Crippen LogP contribution in [0.3, 0.4) is 0 Å². The number of thiazole rings is 1. The number of benzene rings is 1. The van der Waals surface area contributed by atoms with Crippen molar-refractivity contribution in [3.63, 3.8) is 0 Å². The van der Waals surface area contributed by atoms with Gasteiger partial charge in [-0.2, -0.15) is 0 Å². The minimum atomic E-state index is 0.209. The molecule has 2 nitrogen and oxygen atoms in total. The molecule has 0 saturated heterocycles. The first-order valence-corrected chi connectivity index (χ1v) is 6.82. The van der Waals surface area contributed by atoms with E-state index in [1.54, 1.807) is 11.3 Å². The van der Waals surface area contributed by atoms with Crippen molar-refractivity contribution in [3.05, 3.63) is 52.0 Å². The number of hydrogen-bond donors (Lipinski definition) is 1. The monoisotopic (exact) mass is 246 g/mol. The van der Waals surface area contributed by atoms with Crippen molar-refractivity contribution in [2.24, 2.45) is 5.73 Å². The van der Waals surface area contributed by atoms with Crippen LogP contribution in [0, 0.1) is 6.92 Å². The van der Waals surface area contributed by atoms with Gasteiger partial charge in [0.2, 0.25) is 0 Å². The molecule has 0 aliphatic rings. The fourth-order valence-electron chi connectivity index (χ4n) is 1.82. The third-order valence-electron chi connectivity index (χ3n) is 2.75. The highest BCUT2D eigenvalue weighted by Gasteiger charge is 2.07. The van der Waals surface area contributed by atoms with E-state index in [0.29, 0.717) is 0 Å². The molecule has 1 heterocycles. The van der Waals surface area contributed by atoms with Crippen molar-refractivity contribution in [1.29, 1.82) is 0 Å². The van der Waals surface area contributed by atoms with Gasteiger partial charge in [0.1, 0.15) is 0 Å². The summed E-state index contributed by atoms with van der Waals surface area (Å²) < 4.78 is 0. The molecule has 0 aliphatic carbocycles. The van der Waals surface area contributed by atoms with E-state index in [0.717, 1.165) is 30.0 Å². The average Bonchev–Trinajstić information content (AvgIpc) is 2.73. The lowest BCUT2D eigenvalue weighted by Crippen LogP contribution is -2.23. The van der Waals surface area contributed by atoms with Crippen LogP contribution in [0.4, 0.5) is 0 Å². The van der Waals surface area contributed by atoms with E-state index in [9.17, 15) is 0 Å². The number of rotatable bonds is 5. The quantitative estimate of drug-likeness (QED) is 0.881. The number of hydrogen-bond acceptors (Lipinski definition) is 3. The van der Waals surface area contributed by atoms with Crippen LogP contribution in [0.1, 0.15) is 22.7 Å². The minimum Gasteiger partial charge on any atom is -0.327 e. The Morgan fingerprint density at radius 2 is 2.06 bits per heavy atom. The van der Waals surface area contributed by atoms with Gasteiger partial charge in [0.15, 0.2) is 0 Å². The van der Waals surface area contributed by atoms with E-state index >= 15 is 0 Å². The highest BCUT2D eigenvalue weighted by molar-refractivity contribution is 7.09. The van der Waals surface area contributed by atoms with Crippen molar-refractivity contribution in [3.8, 4) is 0 Å². The molecule has 1 aromatic heterocycles. The Hall–Kier alpha value is -1.19. The van der Waals surface area contributed by atoms with Crippen LogP contribution in [0.25, 0.3) is 0 Å². The van der Waals surface area contributed by atoms with Crippen molar-refractivity contribution in [2.45, 2.75) is 32.2 Å². The van der Waals surface area contributed by atoms with Gasteiger partial charge in [-0.15, -0.1) is 11.3 Å². The molecule has 90 valence electrons. The number of nitrogens with zero attached hydrogens (tertiary/aromatic N) is 1. The lowest BCUT2D eigenvalue weighted by molar-refractivity contribution is 0.608. The summed E-state index contributed by atoms with van der Waals surface area (Å²) in [7, 11) is 0. The zero-order valence-electron chi connectivity index (χ0n) is 10.1. The standard InChI is InChI=1S/C14H18N2S/c1-11-10-17-14(16-11)9-13(15)8-7-12-5-3-2-4-6-12/h2-6,10,13H,7-9,15H2,1H3. The molecule has 0 aliphatic heterocycles. The maximum absolute atomic E-state index is 6.13. The maximum Gasteiger partial charge on any atom is 0.0943 e. The molecule has 0 radical (unpaired) electrons. The highest BCUT2D eigenvalue weighted by atomic mass is 32.1. The maximum atomic E-state index is 6.13. The average molecular weight is 246 g/mol. The SMILES string of the molecule is Cc1csc(CC(N)CCc2ccccc2)n1. The van der Waals surface area contributed by atoms with Gasteiger partial charge in [0, 0.05) is 23.5 Å². The lowest BCUT2D eigenvalue weighted by Gasteiger charge is -2.09. The van der Waals surface area contributed by atoms with E-state index in [1.165, 1.54) is 5.56 Å². The molecular weight excluding hydrogens is 228 g/mol. The third-order valence-corrected chi connectivity index (χ3v) is 3.74. The molecule has 2 N–H and O–H groups in total. The second kappa shape index (κ2) is 5.94. The van der Waals surface area contributed by atoms with Crippen LogP contribution < -0.4 is 5.73 Å². The van der Waals surface area contributed by atoms with Crippen molar-refractivity contribution in [2.75, 3.05) is 0 Å².